The molecule has 5 nitrogen and oxygen atoms in total. The Kier molecular flexibility index (Phi) is 5.19. The summed E-state index contributed by atoms with van der Waals surface area (Å²) in [5.41, 5.74) is 0.995. The molecule has 1 aromatic heterocycles. The van der Waals surface area contributed by atoms with E-state index in [2.05, 4.69) is 4.98 Å². The van der Waals surface area contributed by atoms with Gasteiger partial charge in [-0.05, 0) is 35.9 Å². The Morgan fingerprint density at radius 3 is 2.59 bits per heavy atom. The number of halogens is 1. The number of hydrogen-bond donors (Lipinski definition) is 1. The molecule has 1 unspecified atom stereocenters. The van der Waals surface area contributed by atoms with Crippen molar-refractivity contribution < 1.29 is 19.1 Å². The van der Waals surface area contributed by atoms with Gasteiger partial charge in [0.05, 0.1) is 18.3 Å². The van der Waals surface area contributed by atoms with Gasteiger partial charge in [0.25, 0.3) is 0 Å². The van der Waals surface area contributed by atoms with E-state index in [1.165, 1.54) is 12.1 Å². The zero-order valence-corrected chi connectivity index (χ0v) is 15.2. The molecule has 1 saturated heterocycles. The second-order valence-corrected chi connectivity index (χ2v) is 7.32. The van der Waals surface area contributed by atoms with Crippen LogP contribution in [0.15, 0.2) is 54.2 Å². The second-order valence-electron chi connectivity index (χ2n) is 7.32. The van der Waals surface area contributed by atoms with E-state index < -0.39 is 17.4 Å². The molecule has 2 heterocycles. The molecule has 1 atom stereocenters. The highest BCUT2D eigenvalue weighted by Crippen LogP contribution is 2.41. The highest BCUT2D eigenvalue weighted by Gasteiger charge is 2.44. The standard InChI is InChI=1S/C21H21FN2O3/c1-21(2)13-24(12-18(25)26)19(14-6-8-15(22)9-7-14)17(20(21)27)11-16-5-3-4-10-23-16/h3-11,19H,12-13H2,1-2H3,(H,25,26)/b17-11-. The molecule has 140 valence electrons. The minimum absolute atomic E-state index is 0.0656. The van der Waals surface area contributed by atoms with Gasteiger partial charge in [0.15, 0.2) is 5.78 Å². The summed E-state index contributed by atoms with van der Waals surface area (Å²) < 4.78 is 13.4. The van der Waals surface area contributed by atoms with E-state index in [0.717, 1.165) is 0 Å². The molecule has 2 aromatic rings. The van der Waals surface area contributed by atoms with Crippen LogP contribution in [0.1, 0.15) is 31.1 Å². The number of hydrogen-bond acceptors (Lipinski definition) is 4. The number of carbonyl (C=O) groups is 2. The van der Waals surface area contributed by atoms with Crippen molar-refractivity contribution in [1.29, 1.82) is 0 Å². The van der Waals surface area contributed by atoms with Crippen molar-refractivity contribution in [3.05, 3.63) is 71.3 Å². The predicted octanol–water partition coefficient (Wildman–Crippen LogP) is 3.34. The molecule has 0 amide bonds. The smallest absolute Gasteiger partial charge is 0.317 e. The first-order chi connectivity index (χ1) is 12.8. The molecule has 1 fully saturated rings. The number of rotatable bonds is 4. The Hall–Kier alpha value is -2.86. The van der Waals surface area contributed by atoms with Crippen LogP contribution < -0.4 is 0 Å². The average molecular weight is 368 g/mol. The Morgan fingerprint density at radius 2 is 2.00 bits per heavy atom. The van der Waals surface area contributed by atoms with Gasteiger partial charge < -0.3 is 5.11 Å². The molecule has 0 saturated carbocycles. The molecule has 0 aliphatic carbocycles. The molecule has 1 aliphatic heterocycles. The van der Waals surface area contributed by atoms with Gasteiger partial charge in [-0.3, -0.25) is 19.5 Å². The number of aliphatic carboxylic acids is 1. The van der Waals surface area contributed by atoms with E-state index in [9.17, 15) is 19.1 Å². The van der Waals surface area contributed by atoms with E-state index >= 15 is 0 Å². The lowest BCUT2D eigenvalue weighted by Crippen LogP contribution is -2.50. The summed E-state index contributed by atoms with van der Waals surface area (Å²) >= 11 is 0. The normalized spacial score (nSPS) is 21.4. The minimum atomic E-state index is -0.982. The highest BCUT2D eigenvalue weighted by molar-refractivity contribution is 6.05. The Labute approximate surface area is 157 Å². The van der Waals surface area contributed by atoms with Crippen LogP contribution in [0.25, 0.3) is 6.08 Å². The van der Waals surface area contributed by atoms with Crippen LogP contribution in [0.5, 0.6) is 0 Å². The van der Waals surface area contributed by atoms with Gasteiger partial charge in [-0.2, -0.15) is 0 Å². The number of aromatic nitrogens is 1. The second kappa shape index (κ2) is 7.40. The Morgan fingerprint density at radius 1 is 1.30 bits per heavy atom. The third-order valence-corrected chi connectivity index (χ3v) is 4.65. The van der Waals surface area contributed by atoms with Gasteiger partial charge in [-0.15, -0.1) is 0 Å². The minimum Gasteiger partial charge on any atom is -0.480 e. The first kappa shape index (κ1) is 18.9. The van der Waals surface area contributed by atoms with Crippen LogP contribution in [0.4, 0.5) is 4.39 Å². The largest absolute Gasteiger partial charge is 0.480 e. The van der Waals surface area contributed by atoms with E-state index in [1.807, 2.05) is 6.07 Å². The average Bonchev–Trinajstić information content (AvgIpc) is 2.61. The van der Waals surface area contributed by atoms with Crippen molar-refractivity contribution in [2.75, 3.05) is 13.1 Å². The first-order valence-corrected chi connectivity index (χ1v) is 8.67. The molecular formula is C21H21FN2O3. The number of carbonyl (C=O) groups excluding carboxylic acids is 1. The number of Topliss-reactive ketones (excluding diaryl/α,β-unsaturated/α-hetero) is 1. The molecule has 1 aromatic carbocycles. The van der Waals surface area contributed by atoms with Crippen LogP contribution in [-0.4, -0.2) is 39.8 Å². The summed E-state index contributed by atoms with van der Waals surface area (Å²) in [5, 5.41) is 9.37. The number of pyridine rings is 1. The summed E-state index contributed by atoms with van der Waals surface area (Å²) in [6, 6.07) is 10.6. The van der Waals surface area contributed by atoms with Crippen LogP contribution in [0.3, 0.4) is 0 Å². The van der Waals surface area contributed by atoms with Crippen molar-refractivity contribution in [3.8, 4) is 0 Å². The quantitative estimate of drug-likeness (QED) is 0.838. The van der Waals surface area contributed by atoms with Crippen molar-refractivity contribution in [3.63, 3.8) is 0 Å². The Balaban J connectivity index is 2.15. The van der Waals surface area contributed by atoms with Crippen LogP contribution in [0, 0.1) is 11.2 Å². The first-order valence-electron chi connectivity index (χ1n) is 8.67. The number of benzene rings is 1. The lowest BCUT2D eigenvalue weighted by atomic mass is 9.74. The van der Waals surface area contributed by atoms with Crippen molar-refractivity contribution in [2.24, 2.45) is 5.41 Å². The third-order valence-electron chi connectivity index (χ3n) is 4.65. The lowest BCUT2D eigenvalue weighted by molar-refractivity contribution is -0.141. The van der Waals surface area contributed by atoms with Crippen LogP contribution >= 0.6 is 0 Å². The number of carboxylic acid groups (broad SMARTS) is 1. The number of nitrogens with zero attached hydrogens (tertiary/aromatic N) is 2. The van der Waals surface area contributed by atoms with Crippen molar-refractivity contribution in [1.82, 2.24) is 9.88 Å². The van der Waals surface area contributed by atoms with Crippen LogP contribution in [0.2, 0.25) is 0 Å². The number of carboxylic acids is 1. The summed E-state index contributed by atoms with van der Waals surface area (Å²) in [4.78, 5) is 30.6. The van der Waals surface area contributed by atoms with Gasteiger partial charge in [0.2, 0.25) is 0 Å². The third kappa shape index (κ3) is 4.11. The monoisotopic (exact) mass is 368 g/mol. The van der Waals surface area contributed by atoms with Crippen molar-refractivity contribution >= 4 is 17.8 Å². The maximum Gasteiger partial charge on any atom is 0.317 e. The summed E-state index contributed by atoms with van der Waals surface area (Å²) in [6.07, 6.45) is 3.33. The molecule has 0 bridgehead atoms. The van der Waals surface area contributed by atoms with Crippen LogP contribution in [-0.2, 0) is 9.59 Å². The van der Waals surface area contributed by atoms with Gasteiger partial charge in [-0.25, -0.2) is 4.39 Å². The number of likely N-dealkylation sites (tertiary alicyclic amines) is 1. The molecule has 27 heavy (non-hydrogen) atoms. The zero-order valence-electron chi connectivity index (χ0n) is 15.2. The van der Waals surface area contributed by atoms with E-state index in [-0.39, 0.29) is 18.1 Å². The Bertz CT molecular complexity index is 876. The molecule has 6 heteroatoms. The molecule has 0 spiro atoms. The number of piperidine rings is 1. The maximum absolute atomic E-state index is 13.4. The van der Waals surface area contributed by atoms with Gasteiger partial charge >= 0.3 is 5.97 Å². The molecule has 3 rings (SSSR count). The fraction of sp³-hybridized carbons (Fsp3) is 0.286. The van der Waals surface area contributed by atoms with E-state index in [1.54, 1.807) is 55.3 Å². The topological polar surface area (TPSA) is 70.5 Å². The summed E-state index contributed by atoms with van der Waals surface area (Å²) in [6.45, 7) is 3.67. The fourth-order valence-electron chi connectivity index (χ4n) is 3.50. The van der Waals surface area contributed by atoms with E-state index in [4.69, 9.17) is 0 Å². The highest BCUT2D eigenvalue weighted by atomic mass is 19.1. The van der Waals surface area contributed by atoms with E-state index in [0.29, 0.717) is 23.4 Å². The van der Waals surface area contributed by atoms with Crippen molar-refractivity contribution in [2.45, 2.75) is 19.9 Å². The fourth-order valence-corrected chi connectivity index (χ4v) is 3.50. The lowest BCUT2D eigenvalue weighted by Gasteiger charge is -2.43. The zero-order chi connectivity index (χ0) is 19.6. The predicted molar refractivity (Wildman–Crippen MR) is 99.4 cm³/mol. The van der Waals surface area contributed by atoms with Gasteiger partial charge in [-0.1, -0.05) is 32.0 Å². The molecular weight excluding hydrogens is 347 g/mol. The maximum atomic E-state index is 13.4. The van der Waals surface area contributed by atoms with Gasteiger partial charge in [0, 0.05) is 23.7 Å². The SMILES string of the molecule is CC1(C)CN(CC(=O)O)C(c2ccc(F)cc2)/C(=C/c2ccccn2)C1=O. The summed E-state index contributed by atoms with van der Waals surface area (Å²) in [7, 11) is 0. The molecule has 1 N–H and O–H groups in total. The molecule has 0 radical (unpaired) electrons. The van der Waals surface area contributed by atoms with Gasteiger partial charge in [0.1, 0.15) is 5.82 Å². The number of ketones is 1. The summed E-state index contributed by atoms with van der Waals surface area (Å²) in [5.74, 6) is -1.44. The molecule has 1 aliphatic rings.